The van der Waals surface area contributed by atoms with E-state index in [0.717, 1.165) is 12.8 Å². The summed E-state index contributed by atoms with van der Waals surface area (Å²) in [5.41, 5.74) is 11.6. The molecule has 0 aliphatic carbocycles. The normalized spacial score (nSPS) is 15.7. The summed E-state index contributed by atoms with van der Waals surface area (Å²) in [6.45, 7) is 4.28. The molecule has 0 aromatic rings. The fraction of sp³-hybridized carbons (Fsp3) is 1.00. The highest BCUT2D eigenvalue weighted by atomic mass is 14.6. The lowest BCUT2D eigenvalue weighted by atomic mass is 10.0. The molecule has 2 atom stereocenters. The highest BCUT2D eigenvalue weighted by molar-refractivity contribution is 4.63. The molecule has 2 unspecified atom stereocenters. The maximum atomic E-state index is 5.96. The summed E-state index contributed by atoms with van der Waals surface area (Å²) in [6, 6.07) is 0.744. The zero-order chi connectivity index (χ0) is 10.1. The minimum atomic E-state index is 0.336. The zero-order valence-electron chi connectivity index (χ0n) is 9.26. The van der Waals surface area contributed by atoms with Gasteiger partial charge in [0, 0.05) is 12.1 Å². The lowest BCUT2D eigenvalue weighted by molar-refractivity contribution is 0.489. The molecule has 0 rings (SSSR count). The van der Waals surface area contributed by atoms with Crippen LogP contribution in [0.4, 0.5) is 0 Å². The van der Waals surface area contributed by atoms with Crippen LogP contribution in [-0.4, -0.2) is 12.1 Å². The predicted molar refractivity (Wildman–Crippen MR) is 59.6 cm³/mol. The summed E-state index contributed by atoms with van der Waals surface area (Å²) >= 11 is 0. The molecule has 2 heteroatoms. The lowest BCUT2D eigenvalue weighted by Gasteiger charge is -2.11. The van der Waals surface area contributed by atoms with Gasteiger partial charge in [-0.15, -0.1) is 0 Å². The van der Waals surface area contributed by atoms with E-state index in [1.165, 1.54) is 32.1 Å². The van der Waals surface area contributed by atoms with Gasteiger partial charge in [-0.05, 0) is 26.2 Å². The molecule has 0 spiro atoms. The first-order valence-corrected chi connectivity index (χ1v) is 5.68. The highest BCUT2D eigenvalue weighted by Crippen LogP contribution is 2.08. The fourth-order valence-corrected chi connectivity index (χ4v) is 1.50. The summed E-state index contributed by atoms with van der Waals surface area (Å²) in [4.78, 5) is 0. The molecule has 0 saturated heterocycles. The van der Waals surface area contributed by atoms with E-state index in [0.29, 0.717) is 12.1 Å². The number of unbranched alkanes of at least 4 members (excludes halogenated alkanes) is 2. The molecule has 0 heterocycles. The predicted octanol–water partition coefficient (Wildman–Crippen LogP) is 2.41. The molecular formula is C11H26N2. The Kier molecular flexibility index (Phi) is 8.46. The minimum Gasteiger partial charge on any atom is -0.328 e. The largest absolute Gasteiger partial charge is 0.328 e. The van der Waals surface area contributed by atoms with E-state index in [4.69, 9.17) is 11.5 Å². The van der Waals surface area contributed by atoms with Gasteiger partial charge in [-0.25, -0.2) is 0 Å². The molecule has 4 N–H and O–H groups in total. The van der Waals surface area contributed by atoms with Gasteiger partial charge in [-0.3, -0.25) is 0 Å². The van der Waals surface area contributed by atoms with Crippen LogP contribution in [0.25, 0.3) is 0 Å². The van der Waals surface area contributed by atoms with Crippen LogP contribution < -0.4 is 11.5 Å². The number of rotatable bonds is 8. The Morgan fingerprint density at radius 3 is 2.08 bits per heavy atom. The first-order valence-electron chi connectivity index (χ1n) is 5.68. The van der Waals surface area contributed by atoms with Crippen molar-refractivity contribution in [2.45, 2.75) is 70.9 Å². The van der Waals surface area contributed by atoms with Crippen LogP contribution in [0.3, 0.4) is 0 Å². The SMILES string of the molecule is CCCCCC(N)CCCC(C)N. The molecule has 0 bridgehead atoms. The molecule has 0 fully saturated rings. The fourth-order valence-electron chi connectivity index (χ4n) is 1.50. The number of hydrogen-bond donors (Lipinski definition) is 2. The Labute approximate surface area is 83.1 Å². The average molecular weight is 186 g/mol. The second kappa shape index (κ2) is 8.52. The third-order valence-corrected chi connectivity index (χ3v) is 2.41. The van der Waals surface area contributed by atoms with Crippen molar-refractivity contribution >= 4 is 0 Å². The number of nitrogens with two attached hydrogens (primary N) is 2. The topological polar surface area (TPSA) is 52.0 Å². The smallest absolute Gasteiger partial charge is 0.00388 e. The van der Waals surface area contributed by atoms with E-state index < -0.39 is 0 Å². The first-order chi connectivity index (χ1) is 6.16. The third kappa shape index (κ3) is 9.84. The highest BCUT2D eigenvalue weighted by Gasteiger charge is 2.02. The van der Waals surface area contributed by atoms with Crippen LogP contribution in [0.1, 0.15) is 58.8 Å². The van der Waals surface area contributed by atoms with Gasteiger partial charge in [0.2, 0.25) is 0 Å². The van der Waals surface area contributed by atoms with E-state index in [1.807, 2.05) is 0 Å². The molecule has 13 heavy (non-hydrogen) atoms. The van der Waals surface area contributed by atoms with Crippen molar-refractivity contribution in [2.75, 3.05) is 0 Å². The van der Waals surface area contributed by atoms with Gasteiger partial charge in [0.1, 0.15) is 0 Å². The van der Waals surface area contributed by atoms with Crippen molar-refractivity contribution in [2.24, 2.45) is 11.5 Å². The quantitative estimate of drug-likeness (QED) is 0.572. The van der Waals surface area contributed by atoms with Gasteiger partial charge in [0.15, 0.2) is 0 Å². The second-order valence-corrected chi connectivity index (χ2v) is 4.16. The van der Waals surface area contributed by atoms with Crippen molar-refractivity contribution in [1.82, 2.24) is 0 Å². The van der Waals surface area contributed by atoms with Crippen molar-refractivity contribution in [3.05, 3.63) is 0 Å². The molecule has 0 aromatic heterocycles. The van der Waals surface area contributed by atoms with Crippen molar-refractivity contribution < 1.29 is 0 Å². The van der Waals surface area contributed by atoms with Crippen molar-refractivity contribution in [3.8, 4) is 0 Å². The van der Waals surface area contributed by atoms with Crippen LogP contribution >= 0.6 is 0 Å². The van der Waals surface area contributed by atoms with E-state index in [9.17, 15) is 0 Å². The van der Waals surface area contributed by atoms with E-state index >= 15 is 0 Å². The van der Waals surface area contributed by atoms with Crippen molar-refractivity contribution in [1.29, 1.82) is 0 Å². The summed E-state index contributed by atoms with van der Waals surface area (Å²) in [6.07, 6.45) is 8.52. The van der Waals surface area contributed by atoms with Crippen LogP contribution in [0.5, 0.6) is 0 Å². The molecule has 0 amide bonds. The summed E-state index contributed by atoms with van der Waals surface area (Å²) < 4.78 is 0. The molecular weight excluding hydrogens is 160 g/mol. The molecule has 0 radical (unpaired) electrons. The van der Waals surface area contributed by atoms with Gasteiger partial charge in [-0.2, -0.15) is 0 Å². The molecule has 80 valence electrons. The van der Waals surface area contributed by atoms with Crippen LogP contribution in [0.2, 0.25) is 0 Å². The monoisotopic (exact) mass is 186 g/mol. The molecule has 0 aliphatic rings. The van der Waals surface area contributed by atoms with Crippen molar-refractivity contribution in [3.63, 3.8) is 0 Å². The zero-order valence-corrected chi connectivity index (χ0v) is 9.26. The Morgan fingerprint density at radius 2 is 1.54 bits per heavy atom. The molecule has 0 saturated carbocycles. The van der Waals surface area contributed by atoms with Crippen LogP contribution in [0, 0.1) is 0 Å². The van der Waals surface area contributed by atoms with E-state index in [-0.39, 0.29) is 0 Å². The van der Waals surface area contributed by atoms with E-state index in [2.05, 4.69) is 13.8 Å². The van der Waals surface area contributed by atoms with Crippen LogP contribution in [0.15, 0.2) is 0 Å². The van der Waals surface area contributed by atoms with Gasteiger partial charge in [-0.1, -0.05) is 32.6 Å². The van der Waals surface area contributed by atoms with E-state index in [1.54, 1.807) is 0 Å². The van der Waals surface area contributed by atoms with Gasteiger partial charge < -0.3 is 11.5 Å². The van der Waals surface area contributed by atoms with Gasteiger partial charge >= 0.3 is 0 Å². The Hall–Kier alpha value is -0.0800. The summed E-state index contributed by atoms with van der Waals surface area (Å²) in [5.74, 6) is 0. The third-order valence-electron chi connectivity index (χ3n) is 2.41. The summed E-state index contributed by atoms with van der Waals surface area (Å²) in [5, 5.41) is 0. The van der Waals surface area contributed by atoms with Gasteiger partial charge in [0.05, 0.1) is 0 Å². The maximum Gasteiger partial charge on any atom is 0.00388 e. The second-order valence-electron chi connectivity index (χ2n) is 4.16. The maximum absolute atomic E-state index is 5.96. The average Bonchev–Trinajstić information content (AvgIpc) is 2.04. The molecule has 2 nitrogen and oxygen atoms in total. The van der Waals surface area contributed by atoms with Crippen LogP contribution in [-0.2, 0) is 0 Å². The Bertz CT molecular complexity index is 102. The first kappa shape index (κ1) is 12.9. The summed E-state index contributed by atoms with van der Waals surface area (Å²) in [7, 11) is 0. The lowest BCUT2D eigenvalue weighted by Crippen LogP contribution is -2.21. The minimum absolute atomic E-state index is 0.336. The Balaban J connectivity index is 3.15. The molecule has 0 aliphatic heterocycles. The Morgan fingerprint density at radius 1 is 0.923 bits per heavy atom. The molecule has 0 aromatic carbocycles. The number of hydrogen-bond acceptors (Lipinski definition) is 2. The van der Waals surface area contributed by atoms with Gasteiger partial charge in [0.25, 0.3) is 0 Å². The standard InChI is InChI=1S/C11H26N2/c1-3-4-5-8-11(13)9-6-7-10(2)12/h10-11H,3-9,12-13H2,1-2H3.